The molecular weight excluding hydrogens is 480 g/mol. The van der Waals surface area contributed by atoms with Crippen molar-refractivity contribution in [2.24, 2.45) is 0 Å². The highest BCUT2D eigenvalue weighted by atomic mass is 32.2. The van der Waals surface area contributed by atoms with Crippen molar-refractivity contribution in [2.45, 2.75) is 60.9 Å². The van der Waals surface area contributed by atoms with Crippen LogP contribution in [-0.4, -0.2) is 76.9 Å². The fourth-order valence-corrected chi connectivity index (χ4v) is 5.88. The van der Waals surface area contributed by atoms with Gasteiger partial charge in [0.05, 0.1) is 18.6 Å². The number of ether oxygens (including phenoxy) is 3. The summed E-state index contributed by atoms with van der Waals surface area (Å²) in [6.07, 6.45) is 2.62. The van der Waals surface area contributed by atoms with E-state index in [1.54, 1.807) is 0 Å². The Bertz CT molecular complexity index is 940. The lowest BCUT2D eigenvalue weighted by Gasteiger charge is -2.35. The maximum Gasteiger partial charge on any atom is 0.265 e. The highest BCUT2D eigenvalue weighted by Crippen LogP contribution is 2.36. The van der Waals surface area contributed by atoms with E-state index in [2.05, 4.69) is 5.48 Å². The van der Waals surface area contributed by atoms with E-state index in [4.69, 9.17) is 23.9 Å². The summed E-state index contributed by atoms with van der Waals surface area (Å²) in [4.78, 5) is 35.1. The fraction of sp³-hybridized carbons (Fsp3) is 0.652. The van der Waals surface area contributed by atoms with E-state index < -0.39 is 26.8 Å². The first-order chi connectivity index (χ1) is 16.8. The number of hydroxylamine groups is 3. The molecule has 196 valence electrons. The number of hydrogen-bond acceptors (Lipinski definition) is 9. The molecule has 2 aliphatic rings. The summed E-state index contributed by atoms with van der Waals surface area (Å²) in [5, 5.41) is 1.15. The monoisotopic (exact) mass is 514 g/mol. The van der Waals surface area contributed by atoms with E-state index in [-0.39, 0.29) is 49.9 Å². The van der Waals surface area contributed by atoms with Gasteiger partial charge in [0.25, 0.3) is 5.91 Å². The second-order valence-electron chi connectivity index (χ2n) is 8.45. The molecule has 12 heteroatoms. The van der Waals surface area contributed by atoms with Crippen LogP contribution < -0.4 is 10.2 Å². The number of hydrogen-bond donors (Lipinski definition) is 1. The van der Waals surface area contributed by atoms with Gasteiger partial charge in [0, 0.05) is 39.7 Å². The SMILES string of the molecule is CON(C)C(=O)CCCOc1ccc(S(=O)(=O)C2(C(=O)NOC3CCCCO3)CCOCC2)cc1. The molecule has 2 heterocycles. The summed E-state index contributed by atoms with van der Waals surface area (Å²) < 4.78 is 42.0. The first kappa shape index (κ1) is 27.3. The van der Waals surface area contributed by atoms with Crippen molar-refractivity contribution >= 4 is 21.7 Å². The number of carbonyl (C=O) groups excluding carboxylic acids is 2. The molecule has 0 aliphatic carbocycles. The summed E-state index contributed by atoms with van der Waals surface area (Å²) in [5.41, 5.74) is 2.34. The maximum atomic E-state index is 13.6. The highest BCUT2D eigenvalue weighted by Gasteiger charge is 2.52. The number of carbonyl (C=O) groups is 2. The summed E-state index contributed by atoms with van der Waals surface area (Å²) in [7, 11) is -1.13. The Morgan fingerprint density at radius 2 is 1.86 bits per heavy atom. The quantitative estimate of drug-likeness (QED) is 0.347. The van der Waals surface area contributed by atoms with Crippen LogP contribution in [-0.2, 0) is 38.6 Å². The zero-order valence-corrected chi connectivity index (χ0v) is 21.0. The van der Waals surface area contributed by atoms with E-state index in [0.29, 0.717) is 25.2 Å². The number of amides is 2. The minimum absolute atomic E-state index is 0.00714. The molecule has 0 bridgehead atoms. The first-order valence-electron chi connectivity index (χ1n) is 11.7. The van der Waals surface area contributed by atoms with Gasteiger partial charge >= 0.3 is 0 Å². The van der Waals surface area contributed by atoms with Crippen molar-refractivity contribution in [3.8, 4) is 5.75 Å². The van der Waals surface area contributed by atoms with Gasteiger partial charge in [0.1, 0.15) is 5.75 Å². The molecule has 35 heavy (non-hydrogen) atoms. The van der Waals surface area contributed by atoms with Crippen molar-refractivity contribution in [1.82, 2.24) is 10.5 Å². The second-order valence-corrected chi connectivity index (χ2v) is 10.7. The van der Waals surface area contributed by atoms with Crippen LogP contribution in [0, 0.1) is 0 Å². The highest BCUT2D eigenvalue weighted by molar-refractivity contribution is 7.93. The summed E-state index contributed by atoms with van der Waals surface area (Å²) >= 11 is 0. The number of nitrogens with one attached hydrogen (secondary N) is 1. The Balaban J connectivity index is 1.64. The average molecular weight is 515 g/mol. The zero-order chi connectivity index (χ0) is 25.3. The van der Waals surface area contributed by atoms with E-state index in [9.17, 15) is 18.0 Å². The van der Waals surface area contributed by atoms with Crippen LogP contribution in [0.3, 0.4) is 0 Å². The third kappa shape index (κ3) is 6.70. The van der Waals surface area contributed by atoms with Crippen molar-refractivity contribution in [1.29, 1.82) is 0 Å². The molecule has 3 rings (SSSR count). The first-order valence-corrected chi connectivity index (χ1v) is 13.2. The summed E-state index contributed by atoms with van der Waals surface area (Å²) in [5.74, 6) is -0.433. The molecule has 2 fully saturated rings. The normalized spacial score (nSPS) is 20.1. The predicted octanol–water partition coefficient (Wildman–Crippen LogP) is 1.76. The molecule has 11 nitrogen and oxygen atoms in total. The minimum atomic E-state index is -4.07. The molecule has 0 spiro atoms. The molecule has 1 aromatic rings. The molecule has 2 aliphatic heterocycles. The third-order valence-corrected chi connectivity index (χ3v) is 8.73. The largest absolute Gasteiger partial charge is 0.494 e. The van der Waals surface area contributed by atoms with Gasteiger partial charge in [-0.25, -0.2) is 23.8 Å². The van der Waals surface area contributed by atoms with E-state index >= 15 is 0 Å². The third-order valence-electron chi connectivity index (χ3n) is 6.21. The van der Waals surface area contributed by atoms with Crippen LogP contribution in [0.4, 0.5) is 0 Å². The van der Waals surface area contributed by atoms with Gasteiger partial charge in [-0.3, -0.25) is 14.4 Å². The Kier molecular flexibility index (Phi) is 9.87. The van der Waals surface area contributed by atoms with Gasteiger partial charge in [-0.05, 0) is 56.4 Å². The molecule has 1 N–H and O–H groups in total. The second kappa shape index (κ2) is 12.6. The van der Waals surface area contributed by atoms with Crippen LogP contribution in [0.15, 0.2) is 29.2 Å². The van der Waals surface area contributed by atoms with E-state index in [1.165, 1.54) is 38.4 Å². The minimum Gasteiger partial charge on any atom is -0.494 e. The smallest absolute Gasteiger partial charge is 0.265 e. The number of benzene rings is 1. The molecule has 1 unspecified atom stereocenters. The molecule has 0 aromatic heterocycles. The summed E-state index contributed by atoms with van der Waals surface area (Å²) in [6, 6.07) is 5.91. The van der Waals surface area contributed by atoms with Gasteiger partial charge in [-0.15, -0.1) is 0 Å². The van der Waals surface area contributed by atoms with Gasteiger partial charge < -0.3 is 14.2 Å². The molecule has 2 amide bonds. The van der Waals surface area contributed by atoms with Crippen LogP contribution in [0.1, 0.15) is 44.9 Å². The number of nitrogens with zero attached hydrogens (tertiary/aromatic N) is 1. The van der Waals surface area contributed by atoms with Gasteiger partial charge in [0.15, 0.2) is 20.9 Å². The Morgan fingerprint density at radius 3 is 2.49 bits per heavy atom. The Morgan fingerprint density at radius 1 is 1.14 bits per heavy atom. The Labute approximate surface area is 205 Å². The average Bonchev–Trinajstić information content (AvgIpc) is 2.90. The van der Waals surface area contributed by atoms with E-state index in [0.717, 1.165) is 17.9 Å². The lowest BCUT2D eigenvalue weighted by atomic mass is 9.98. The lowest BCUT2D eigenvalue weighted by molar-refractivity contribution is -0.202. The summed E-state index contributed by atoms with van der Waals surface area (Å²) in [6.45, 7) is 1.10. The van der Waals surface area contributed by atoms with Gasteiger partial charge in [-0.1, -0.05) is 0 Å². The molecule has 0 radical (unpaired) electrons. The van der Waals surface area contributed by atoms with Crippen LogP contribution >= 0.6 is 0 Å². The molecule has 1 atom stereocenters. The van der Waals surface area contributed by atoms with Crippen LogP contribution in [0.5, 0.6) is 5.75 Å². The van der Waals surface area contributed by atoms with Gasteiger partial charge in [-0.2, -0.15) is 0 Å². The van der Waals surface area contributed by atoms with Crippen molar-refractivity contribution < 1.29 is 41.9 Å². The topological polar surface area (TPSA) is 130 Å². The standard InChI is InChI=1S/C23H34N2O9S/c1-25(30-2)20(26)6-5-15-32-18-8-10-19(11-9-18)35(28,29)23(12-16-31-17-13-23)22(27)24-34-21-7-3-4-14-33-21/h8-11,21H,3-7,12-17H2,1-2H3,(H,24,27). The Hall–Kier alpha value is -2.25. The lowest BCUT2D eigenvalue weighted by Crippen LogP contribution is -2.56. The van der Waals surface area contributed by atoms with Crippen molar-refractivity contribution in [3.05, 3.63) is 24.3 Å². The number of rotatable bonds is 11. The van der Waals surface area contributed by atoms with Crippen LogP contribution in [0.25, 0.3) is 0 Å². The van der Waals surface area contributed by atoms with Crippen molar-refractivity contribution in [3.63, 3.8) is 0 Å². The number of sulfone groups is 1. The molecule has 1 aromatic carbocycles. The molecule has 2 saturated heterocycles. The van der Waals surface area contributed by atoms with E-state index in [1.807, 2.05) is 0 Å². The maximum absolute atomic E-state index is 13.6. The van der Waals surface area contributed by atoms with Crippen molar-refractivity contribution in [2.75, 3.05) is 40.6 Å². The van der Waals surface area contributed by atoms with Gasteiger partial charge in [0.2, 0.25) is 5.91 Å². The molecular formula is C23H34N2O9S. The fourth-order valence-electron chi connectivity index (χ4n) is 3.95. The predicted molar refractivity (Wildman–Crippen MR) is 124 cm³/mol. The molecule has 0 saturated carbocycles. The zero-order valence-electron chi connectivity index (χ0n) is 20.2. The van der Waals surface area contributed by atoms with Crippen LogP contribution in [0.2, 0.25) is 0 Å².